The topological polar surface area (TPSA) is 86.3 Å². The van der Waals surface area contributed by atoms with Gasteiger partial charge in [-0.05, 0) is 35.5 Å². The summed E-state index contributed by atoms with van der Waals surface area (Å²) in [5, 5.41) is 0. The predicted octanol–water partition coefficient (Wildman–Crippen LogP) is 2.74. The van der Waals surface area contributed by atoms with Gasteiger partial charge in [0.1, 0.15) is 11.3 Å². The number of primary amides is 1. The van der Waals surface area contributed by atoms with Gasteiger partial charge in [0.2, 0.25) is 0 Å². The molecule has 0 aromatic carbocycles. The second-order valence-electron chi connectivity index (χ2n) is 7.81. The molecule has 0 radical (unpaired) electrons. The molecule has 1 saturated heterocycles. The summed E-state index contributed by atoms with van der Waals surface area (Å²) >= 11 is 2.15. The number of fused-ring (bicyclic) bond motifs is 2. The van der Waals surface area contributed by atoms with Crippen LogP contribution < -0.4 is 5.73 Å². The molecule has 3 heterocycles. The maximum Gasteiger partial charge on any atom is 0.267 e. The Kier molecular flexibility index (Phi) is 7.28. The molecule has 29 heavy (non-hydrogen) atoms. The monoisotopic (exact) mass is 511 g/mol. The van der Waals surface area contributed by atoms with Gasteiger partial charge in [0.25, 0.3) is 5.91 Å². The van der Waals surface area contributed by atoms with Crippen LogP contribution in [-0.4, -0.2) is 50.5 Å². The molecular weight excluding hydrogens is 481 g/mol. The van der Waals surface area contributed by atoms with Crippen molar-refractivity contribution in [2.24, 2.45) is 24.6 Å². The number of imidazole rings is 1. The summed E-state index contributed by atoms with van der Waals surface area (Å²) in [5.41, 5.74) is 7.64. The Morgan fingerprint density at radius 3 is 2.59 bits per heavy atom. The highest BCUT2D eigenvalue weighted by Crippen LogP contribution is 2.51. The van der Waals surface area contributed by atoms with Gasteiger partial charge in [0.15, 0.2) is 0 Å². The quantitative estimate of drug-likeness (QED) is 0.493. The fourth-order valence-electron chi connectivity index (χ4n) is 5.15. The number of pyridine rings is 1. The van der Waals surface area contributed by atoms with Gasteiger partial charge >= 0.3 is 0 Å². The van der Waals surface area contributed by atoms with Crippen LogP contribution in [0.15, 0.2) is 30.9 Å². The van der Waals surface area contributed by atoms with Crippen LogP contribution in [0.25, 0.3) is 0 Å². The molecule has 1 amide bonds. The Morgan fingerprint density at radius 1 is 1.34 bits per heavy atom. The zero-order chi connectivity index (χ0) is 21.0. The molecule has 1 saturated carbocycles. The van der Waals surface area contributed by atoms with Crippen molar-refractivity contribution in [3.8, 4) is 0 Å². The van der Waals surface area contributed by atoms with Crippen LogP contribution in [0, 0.1) is 11.8 Å². The fraction of sp³-hybridized carbons (Fsp3) is 0.571. The smallest absolute Gasteiger partial charge is 0.267 e. The zero-order valence-corrected chi connectivity index (χ0v) is 19.5. The number of halogens is 1. The maximum atomic E-state index is 11.6. The molecule has 2 aromatic heterocycles. The lowest BCUT2D eigenvalue weighted by Gasteiger charge is -2.55. The number of aromatic nitrogens is 3. The van der Waals surface area contributed by atoms with Crippen molar-refractivity contribution in [2.75, 3.05) is 25.1 Å². The number of nitrogens with zero attached hydrogens (tertiary/aromatic N) is 4. The van der Waals surface area contributed by atoms with Crippen molar-refractivity contribution in [1.29, 1.82) is 0 Å². The first-order valence-electron chi connectivity index (χ1n) is 9.91. The minimum absolute atomic E-state index is 0.305. The summed E-state index contributed by atoms with van der Waals surface area (Å²) in [6, 6.07) is 3.81. The molecular formula is C21H30IN5O2. The third-order valence-corrected chi connectivity index (χ3v) is 6.38. The molecule has 158 valence electrons. The van der Waals surface area contributed by atoms with Crippen LogP contribution in [0.5, 0.6) is 0 Å². The SMILES string of the molecule is CI.COC1(c2ccnc(C(N)=O)c2)C2CCCC1CN(Cc1cncn1C)C2. The van der Waals surface area contributed by atoms with Crippen molar-refractivity contribution in [2.45, 2.75) is 31.4 Å². The molecule has 0 spiro atoms. The molecule has 1 aliphatic carbocycles. The van der Waals surface area contributed by atoms with E-state index in [2.05, 4.69) is 42.0 Å². The van der Waals surface area contributed by atoms with E-state index in [4.69, 9.17) is 10.5 Å². The number of piperidine rings is 1. The van der Waals surface area contributed by atoms with Crippen molar-refractivity contribution in [3.05, 3.63) is 47.8 Å². The van der Waals surface area contributed by atoms with Crippen LogP contribution in [0.3, 0.4) is 0 Å². The average Bonchev–Trinajstić information content (AvgIpc) is 3.13. The summed E-state index contributed by atoms with van der Waals surface area (Å²) in [4.78, 5) is 24.5. The molecule has 2 aromatic rings. The van der Waals surface area contributed by atoms with Crippen LogP contribution in [0.4, 0.5) is 0 Å². The van der Waals surface area contributed by atoms with Gasteiger partial charge < -0.3 is 15.0 Å². The summed E-state index contributed by atoms with van der Waals surface area (Å²) in [7, 11) is 3.83. The first-order chi connectivity index (χ1) is 14.0. The number of ether oxygens (including phenoxy) is 1. The molecule has 4 rings (SSSR count). The minimum atomic E-state index is -0.498. The number of carbonyl (C=O) groups is 1. The summed E-state index contributed by atoms with van der Waals surface area (Å²) in [6.45, 7) is 2.82. The van der Waals surface area contributed by atoms with Gasteiger partial charge in [-0.15, -0.1) is 0 Å². The molecule has 2 aliphatic rings. The molecule has 2 bridgehead atoms. The highest BCUT2D eigenvalue weighted by molar-refractivity contribution is 14.1. The first kappa shape index (κ1) is 22.2. The number of alkyl halides is 1. The van der Waals surface area contributed by atoms with E-state index in [1.807, 2.05) is 36.6 Å². The van der Waals surface area contributed by atoms with E-state index in [9.17, 15) is 4.79 Å². The fourth-order valence-corrected chi connectivity index (χ4v) is 5.15. The van der Waals surface area contributed by atoms with E-state index in [1.165, 1.54) is 12.1 Å². The molecule has 2 N–H and O–H groups in total. The van der Waals surface area contributed by atoms with Gasteiger partial charge in [0, 0.05) is 58.0 Å². The Bertz CT molecular complexity index is 826. The van der Waals surface area contributed by atoms with E-state index in [0.29, 0.717) is 17.5 Å². The Labute approximate surface area is 186 Å². The highest BCUT2D eigenvalue weighted by atomic mass is 127. The molecule has 2 unspecified atom stereocenters. The lowest BCUT2D eigenvalue weighted by Crippen LogP contribution is -2.58. The lowest BCUT2D eigenvalue weighted by atomic mass is 9.62. The minimum Gasteiger partial charge on any atom is -0.373 e. The van der Waals surface area contributed by atoms with Gasteiger partial charge in [-0.2, -0.15) is 0 Å². The molecule has 2 fully saturated rings. The second kappa shape index (κ2) is 9.53. The Balaban J connectivity index is 0.00000117. The number of nitrogens with two attached hydrogens (primary N) is 1. The first-order valence-corrected chi connectivity index (χ1v) is 12.1. The molecule has 7 nitrogen and oxygen atoms in total. The highest BCUT2D eigenvalue weighted by Gasteiger charge is 2.53. The number of carbonyl (C=O) groups excluding carboxylic acids is 1. The third-order valence-electron chi connectivity index (χ3n) is 6.38. The standard InChI is InChI=1S/C20H27N5O2.CH3I/c1-24-13-22-9-17(24)12-25-10-15-4-3-5-16(11-25)20(15,27-2)14-6-7-23-18(8-14)19(21)26;1-2/h6-9,13,15-16H,3-5,10-12H2,1-2H3,(H2,21,26);1H3. The van der Waals surface area contributed by atoms with Crippen LogP contribution in [-0.2, 0) is 23.9 Å². The van der Waals surface area contributed by atoms with Crippen LogP contribution in [0.1, 0.15) is 41.0 Å². The molecule has 1 aliphatic heterocycles. The van der Waals surface area contributed by atoms with Gasteiger partial charge in [-0.25, -0.2) is 4.98 Å². The number of likely N-dealkylation sites (tertiary alicyclic amines) is 1. The van der Waals surface area contributed by atoms with Crippen molar-refractivity contribution in [3.63, 3.8) is 0 Å². The van der Waals surface area contributed by atoms with Crippen molar-refractivity contribution in [1.82, 2.24) is 19.4 Å². The van der Waals surface area contributed by atoms with E-state index < -0.39 is 5.91 Å². The third kappa shape index (κ3) is 4.20. The number of methoxy groups -OCH3 is 1. The number of hydrogen-bond donors (Lipinski definition) is 1. The normalized spacial score (nSPS) is 26.5. The van der Waals surface area contributed by atoms with Crippen LogP contribution >= 0.6 is 22.6 Å². The summed E-state index contributed by atoms with van der Waals surface area (Å²) in [5.74, 6) is 0.236. The van der Waals surface area contributed by atoms with Gasteiger partial charge in [0.05, 0.1) is 12.0 Å². The molecule has 8 heteroatoms. The second-order valence-corrected chi connectivity index (χ2v) is 7.81. The van der Waals surface area contributed by atoms with Crippen molar-refractivity contribution >= 4 is 28.5 Å². The van der Waals surface area contributed by atoms with E-state index in [0.717, 1.165) is 38.0 Å². The zero-order valence-electron chi connectivity index (χ0n) is 17.3. The van der Waals surface area contributed by atoms with Gasteiger partial charge in [-0.3, -0.25) is 14.7 Å². The van der Waals surface area contributed by atoms with E-state index in [1.54, 1.807) is 13.3 Å². The largest absolute Gasteiger partial charge is 0.373 e. The van der Waals surface area contributed by atoms with E-state index in [-0.39, 0.29) is 5.60 Å². The van der Waals surface area contributed by atoms with Crippen LogP contribution in [0.2, 0.25) is 0 Å². The number of aryl methyl sites for hydroxylation is 1. The maximum absolute atomic E-state index is 11.6. The predicted molar refractivity (Wildman–Crippen MR) is 121 cm³/mol. The summed E-state index contributed by atoms with van der Waals surface area (Å²) in [6.07, 6.45) is 8.90. The van der Waals surface area contributed by atoms with Crippen molar-refractivity contribution < 1.29 is 9.53 Å². The number of hydrogen-bond acceptors (Lipinski definition) is 5. The number of rotatable bonds is 5. The lowest BCUT2D eigenvalue weighted by molar-refractivity contribution is -0.170. The number of amides is 1. The average molecular weight is 511 g/mol. The molecule has 2 atom stereocenters. The summed E-state index contributed by atoms with van der Waals surface area (Å²) < 4.78 is 8.33. The van der Waals surface area contributed by atoms with Gasteiger partial charge in [-0.1, -0.05) is 29.0 Å². The Hall–Kier alpha value is -1.52. The Morgan fingerprint density at radius 2 is 2.03 bits per heavy atom. The van der Waals surface area contributed by atoms with E-state index >= 15 is 0 Å².